The van der Waals surface area contributed by atoms with E-state index >= 15 is 0 Å². The van der Waals surface area contributed by atoms with Crippen molar-refractivity contribution in [3.63, 3.8) is 0 Å². The molecule has 0 bridgehead atoms. The van der Waals surface area contributed by atoms with Gasteiger partial charge < -0.3 is 8.83 Å². The molecule has 0 unspecified atom stereocenters. The fourth-order valence-electron chi connectivity index (χ4n) is 12.4. The Morgan fingerprint density at radius 1 is 0.253 bits per heavy atom. The normalized spacial score (nSPS) is 12.9. The van der Waals surface area contributed by atoms with E-state index in [0.29, 0.717) is 17.5 Å². The number of hydrogen-bond donors (Lipinski definition) is 0. The van der Waals surface area contributed by atoms with Crippen LogP contribution in [-0.2, 0) is 5.41 Å². The highest BCUT2D eigenvalue weighted by Crippen LogP contribution is 2.63. The number of hydrogen-bond acceptors (Lipinski definition) is 5. The van der Waals surface area contributed by atoms with Crippen LogP contribution in [0.25, 0.3) is 134 Å². The summed E-state index contributed by atoms with van der Waals surface area (Å²) < 4.78 is 13.2. The van der Waals surface area contributed by atoms with Crippen LogP contribution in [0, 0.1) is 0 Å². The fourth-order valence-corrected chi connectivity index (χ4v) is 12.4. The lowest BCUT2D eigenvalue weighted by atomic mass is 9.70. The second kappa shape index (κ2) is 16.0. The van der Waals surface area contributed by atoms with Crippen molar-refractivity contribution >= 4 is 43.9 Å². The maximum atomic E-state index is 6.61. The Labute approximate surface area is 431 Å². The zero-order valence-electron chi connectivity index (χ0n) is 40.3. The zero-order valence-corrected chi connectivity index (χ0v) is 40.3. The largest absolute Gasteiger partial charge is 0.456 e. The third-order valence-corrected chi connectivity index (χ3v) is 15.8. The molecule has 2 aliphatic carbocycles. The van der Waals surface area contributed by atoms with Gasteiger partial charge in [-0.05, 0) is 114 Å². The van der Waals surface area contributed by atoms with Gasteiger partial charge in [0.25, 0.3) is 0 Å². The van der Waals surface area contributed by atoms with E-state index in [0.717, 1.165) is 82.8 Å². The molecule has 348 valence electrons. The van der Waals surface area contributed by atoms with Gasteiger partial charge in [0.1, 0.15) is 22.3 Å². The summed E-state index contributed by atoms with van der Waals surface area (Å²) in [4.78, 5) is 15.7. The highest BCUT2D eigenvalue weighted by atomic mass is 16.3. The van der Waals surface area contributed by atoms with E-state index in [-0.39, 0.29) is 5.41 Å². The van der Waals surface area contributed by atoms with Crippen LogP contribution in [-0.4, -0.2) is 15.0 Å². The molecular weight excluding hydrogens is 915 g/mol. The van der Waals surface area contributed by atoms with Crippen molar-refractivity contribution in [2.45, 2.75) is 5.41 Å². The molecule has 11 aromatic carbocycles. The van der Waals surface area contributed by atoms with E-state index < -0.39 is 0 Å². The van der Waals surface area contributed by atoms with E-state index in [4.69, 9.17) is 23.8 Å². The van der Waals surface area contributed by atoms with Gasteiger partial charge in [0, 0.05) is 32.7 Å². The zero-order chi connectivity index (χ0) is 49.2. The predicted octanol–water partition coefficient (Wildman–Crippen LogP) is 18.0. The topological polar surface area (TPSA) is 65.0 Å². The molecule has 0 radical (unpaired) electrons. The molecule has 5 nitrogen and oxygen atoms in total. The van der Waals surface area contributed by atoms with Gasteiger partial charge in [-0.15, -0.1) is 0 Å². The number of nitrogens with zero attached hydrogens (tertiary/aromatic N) is 3. The number of aromatic nitrogens is 3. The molecule has 16 rings (SSSR count). The molecule has 3 heterocycles. The van der Waals surface area contributed by atoms with Crippen LogP contribution in [0.1, 0.15) is 22.3 Å². The first-order valence-electron chi connectivity index (χ1n) is 25.5. The third kappa shape index (κ3) is 6.16. The van der Waals surface area contributed by atoms with Crippen LogP contribution in [0.5, 0.6) is 0 Å². The quantitative estimate of drug-likeness (QED) is 0.166. The number of benzene rings is 11. The molecule has 0 amide bonds. The molecule has 2 aliphatic rings. The number of fused-ring (bicyclic) bond motifs is 16. The standard InChI is InChI=1S/C70H41N3O2/c1-2-14-42(15-3-1)43-32-34-46(35-33-43)67-71-68(73-69(72-67)55-22-12-20-53-52-19-7-11-26-62(52)75-66(53)55)54-21-13-27-64-65(54)57-41-48(37-39-63(57)74-64)45-30-28-44(29-31-45)47-36-38-61-56(40-47)51-18-6-10-25-60(51)70(61)58-23-8-4-16-49(58)50-17-5-9-24-59(50)70/h1-41H. The maximum Gasteiger partial charge on any atom is 0.167 e. The van der Waals surface area contributed by atoms with Crippen LogP contribution in [0.2, 0.25) is 0 Å². The third-order valence-electron chi connectivity index (χ3n) is 15.8. The van der Waals surface area contributed by atoms with E-state index in [9.17, 15) is 0 Å². The lowest BCUT2D eigenvalue weighted by molar-refractivity contribution is 0.668. The summed E-state index contributed by atoms with van der Waals surface area (Å²) in [5.41, 5.74) is 22.7. The average Bonchev–Trinajstić information content (AvgIpc) is 4.41. The minimum Gasteiger partial charge on any atom is -0.456 e. The molecule has 0 atom stereocenters. The Kier molecular flexibility index (Phi) is 8.89. The summed E-state index contributed by atoms with van der Waals surface area (Å²) >= 11 is 0. The molecule has 1 spiro atoms. The van der Waals surface area contributed by atoms with Crippen molar-refractivity contribution in [1.82, 2.24) is 15.0 Å². The summed E-state index contributed by atoms with van der Waals surface area (Å²) in [6.07, 6.45) is 0. The van der Waals surface area contributed by atoms with E-state index in [1.165, 1.54) is 55.6 Å². The first-order valence-corrected chi connectivity index (χ1v) is 25.5. The van der Waals surface area contributed by atoms with Gasteiger partial charge >= 0.3 is 0 Å². The van der Waals surface area contributed by atoms with Crippen molar-refractivity contribution < 1.29 is 8.83 Å². The predicted molar refractivity (Wildman–Crippen MR) is 303 cm³/mol. The minimum absolute atomic E-state index is 0.357. The summed E-state index contributed by atoms with van der Waals surface area (Å²) in [5.74, 6) is 1.64. The van der Waals surface area contributed by atoms with Crippen LogP contribution in [0.4, 0.5) is 0 Å². The summed E-state index contributed by atoms with van der Waals surface area (Å²) in [6.45, 7) is 0. The summed E-state index contributed by atoms with van der Waals surface area (Å²) in [5, 5.41) is 3.98. The Balaban J connectivity index is 0.797. The SMILES string of the molecule is c1ccc(-c2ccc(-c3nc(-c4cccc5c4oc4ccccc45)nc(-c4cccc5oc6ccc(-c7ccc(-c8ccc9c(c8)-c8ccccc8C98c9ccccc9-c9ccccc98)cc7)cc6c45)n3)cc2)cc1. The van der Waals surface area contributed by atoms with Crippen molar-refractivity contribution in [3.8, 4) is 89.8 Å². The molecule has 0 fully saturated rings. The van der Waals surface area contributed by atoms with Crippen LogP contribution < -0.4 is 0 Å². The highest BCUT2D eigenvalue weighted by molar-refractivity contribution is 6.13. The van der Waals surface area contributed by atoms with Crippen molar-refractivity contribution in [1.29, 1.82) is 0 Å². The molecular formula is C70H41N3O2. The summed E-state index contributed by atoms with van der Waals surface area (Å²) in [7, 11) is 0. The van der Waals surface area contributed by atoms with Gasteiger partial charge in [-0.25, -0.2) is 15.0 Å². The average molecular weight is 956 g/mol. The van der Waals surface area contributed by atoms with Crippen molar-refractivity contribution in [2.24, 2.45) is 0 Å². The number of rotatable bonds is 6. The van der Waals surface area contributed by atoms with Crippen molar-refractivity contribution in [3.05, 3.63) is 271 Å². The van der Waals surface area contributed by atoms with Crippen molar-refractivity contribution in [2.75, 3.05) is 0 Å². The molecule has 75 heavy (non-hydrogen) atoms. The smallest absolute Gasteiger partial charge is 0.167 e. The fraction of sp³-hybridized carbons (Fsp3) is 0.0143. The van der Waals surface area contributed by atoms with Gasteiger partial charge in [0.05, 0.1) is 11.0 Å². The molecule has 14 aromatic rings. The van der Waals surface area contributed by atoms with Crippen LogP contribution in [0.15, 0.2) is 258 Å². The molecule has 0 N–H and O–H groups in total. The lowest BCUT2D eigenvalue weighted by Gasteiger charge is -2.30. The summed E-state index contributed by atoms with van der Waals surface area (Å²) in [6, 6.07) is 88.7. The Bertz CT molecular complexity index is 4600. The lowest BCUT2D eigenvalue weighted by Crippen LogP contribution is -2.25. The van der Waals surface area contributed by atoms with Crippen LogP contribution >= 0.6 is 0 Å². The monoisotopic (exact) mass is 955 g/mol. The highest BCUT2D eigenvalue weighted by Gasteiger charge is 2.51. The van der Waals surface area contributed by atoms with E-state index in [1.807, 2.05) is 48.5 Å². The maximum absolute atomic E-state index is 6.61. The second-order valence-electron chi connectivity index (χ2n) is 19.7. The molecule has 3 aromatic heterocycles. The van der Waals surface area contributed by atoms with Gasteiger partial charge in [-0.2, -0.15) is 0 Å². The van der Waals surface area contributed by atoms with Crippen LogP contribution in [0.3, 0.4) is 0 Å². The Hall–Kier alpha value is -9.97. The second-order valence-corrected chi connectivity index (χ2v) is 19.7. The van der Waals surface area contributed by atoms with Gasteiger partial charge in [-0.3, -0.25) is 0 Å². The molecule has 0 saturated heterocycles. The van der Waals surface area contributed by atoms with E-state index in [2.05, 4.69) is 200 Å². The Morgan fingerprint density at radius 2 is 0.707 bits per heavy atom. The van der Waals surface area contributed by atoms with E-state index in [1.54, 1.807) is 0 Å². The number of furan rings is 2. The molecule has 5 heteroatoms. The van der Waals surface area contributed by atoms with Gasteiger partial charge in [0.15, 0.2) is 17.5 Å². The molecule has 0 saturated carbocycles. The first kappa shape index (κ1) is 41.6. The number of para-hydroxylation sites is 2. The Morgan fingerprint density at radius 3 is 1.43 bits per heavy atom. The minimum atomic E-state index is -0.357. The molecule has 0 aliphatic heterocycles. The first-order chi connectivity index (χ1) is 37.2. The van der Waals surface area contributed by atoms with Gasteiger partial charge in [-0.1, -0.05) is 212 Å². The van der Waals surface area contributed by atoms with Gasteiger partial charge in [0.2, 0.25) is 0 Å².